The summed E-state index contributed by atoms with van der Waals surface area (Å²) >= 11 is 12.0. The van der Waals surface area contributed by atoms with Crippen LogP contribution in [0.1, 0.15) is 31.2 Å². The lowest BCUT2D eigenvalue weighted by molar-refractivity contribution is -0.140. The second-order valence-corrected chi connectivity index (χ2v) is 7.37. The first kappa shape index (κ1) is 20.5. The topological polar surface area (TPSA) is 80.0 Å². The maximum absolute atomic E-state index is 12.7. The van der Waals surface area contributed by atoms with E-state index in [1.807, 2.05) is 13.8 Å². The minimum Gasteiger partial charge on any atom is -0.507 e. The molecule has 1 aromatic heterocycles. The second kappa shape index (κ2) is 8.39. The SMILES string of the molecule is CC(C)OCCN1C(=O)C(=O)/C(=C(\O)c2ccc(Cl)c(Cl)c2)C1c1ccco1. The quantitative estimate of drug-likeness (QED) is 0.422. The van der Waals surface area contributed by atoms with Gasteiger partial charge in [-0.3, -0.25) is 9.59 Å². The lowest BCUT2D eigenvalue weighted by Gasteiger charge is -2.23. The molecule has 0 aliphatic carbocycles. The smallest absolute Gasteiger partial charge is 0.295 e. The van der Waals surface area contributed by atoms with Crippen molar-refractivity contribution in [1.29, 1.82) is 0 Å². The molecule has 2 heterocycles. The van der Waals surface area contributed by atoms with Crippen LogP contribution in [0.3, 0.4) is 0 Å². The summed E-state index contributed by atoms with van der Waals surface area (Å²) in [5.74, 6) is -1.50. The number of amides is 1. The van der Waals surface area contributed by atoms with Crippen molar-refractivity contribution in [3.05, 3.63) is 63.5 Å². The fourth-order valence-electron chi connectivity index (χ4n) is 3.04. The van der Waals surface area contributed by atoms with Crippen molar-refractivity contribution in [1.82, 2.24) is 4.90 Å². The van der Waals surface area contributed by atoms with Gasteiger partial charge in [0.2, 0.25) is 0 Å². The van der Waals surface area contributed by atoms with Crippen LogP contribution in [0.5, 0.6) is 0 Å². The molecule has 1 aliphatic heterocycles. The highest BCUT2D eigenvalue weighted by molar-refractivity contribution is 6.46. The normalized spacial score (nSPS) is 19.0. The van der Waals surface area contributed by atoms with E-state index in [1.54, 1.807) is 12.1 Å². The molecule has 3 rings (SSSR count). The van der Waals surface area contributed by atoms with Crippen molar-refractivity contribution in [2.75, 3.05) is 13.2 Å². The number of furan rings is 1. The first-order chi connectivity index (χ1) is 13.3. The van der Waals surface area contributed by atoms with E-state index in [0.717, 1.165) is 0 Å². The third kappa shape index (κ3) is 3.94. The Morgan fingerprint density at radius 3 is 2.61 bits per heavy atom. The maximum atomic E-state index is 12.7. The van der Waals surface area contributed by atoms with E-state index in [9.17, 15) is 14.7 Å². The zero-order valence-corrected chi connectivity index (χ0v) is 16.8. The summed E-state index contributed by atoms with van der Waals surface area (Å²) in [6.07, 6.45) is 1.43. The van der Waals surface area contributed by atoms with Crippen LogP contribution >= 0.6 is 23.2 Å². The Balaban J connectivity index is 2.05. The molecule has 1 aliphatic rings. The number of rotatable bonds is 6. The molecule has 0 saturated carbocycles. The van der Waals surface area contributed by atoms with Crippen LogP contribution in [0.2, 0.25) is 10.0 Å². The largest absolute Gasteiger partial charge is 0.507 e. The van der Waals surface area contributed by atoms with Gasteiger partial charge in [0.25, 0.3) is 11.7 Å². The summed E-state index contributed by atoms with van der Waals surface area (Å²) in [7, 11) is 0. The lowest BCUT2D eigenvalue weighted by Crippen LogP contribution is -2.33. The van der Waals surface area contributed by atoms with Gasteiger partial charge < -0.3 is 19.2 Å². The van der Waals surface area contributed by atoms with Crippen LogP contribution in [-0.4, -0.2) is 41.0 Å². The highest BCUT2D eigenvalue weighted by atomic mass is 35.5. The number of benzene rings is 1. The molecule has 1 N–H and O–H groups in total. The zero-order chi connectivity index (χ0) is 20.4. The van der Waals surface area contributed by atoms with E-state index in [2.05, 4.69) is 0 Å². The molecule has 1 unspecified atom stereocenters. The summed E-state index contributed by atoms with van der Waals surface area (Å²) < 4.78 is 11.0. The summed E-state index contributed by atoms with van der Waals surface area (Å²) in [5.41, 5.74) is 0.213. The zero-order valence-electron chi connectivity index (χ0n) is 15.3. The number of aliphatic hydroxyl groups is 1. The van der Waals surface area contributed by atoms with E-state index in [1.165, 1.54) is 29.4 Å². The number of carbonyl (C=O) groups is 2. The van der Waals surface area contributed by atoms with Crippen molar-refractivity contribution in [2.24, 2.45) is 0 Å². The van der Waals surface area contributed by atoms with Crippen molar-refractivity contribution in [3.63, 3.8) is 0 Å². The van der Waals surface area contributed by atoms with E-state index in [-0.39, 0.29) is 41.2 Å². The highest BCUT2D eigenvalue weighted by Gasteiger charge is 2.47. The summed E-state index contributed by atoms with van der Waals surface area (Å²) in [4.78, 5) is 26.7. The molecule has 2 aromatic rings. The fraction of sp³-hybridized carbons (Fsp3) is 0.300. The average Bonchev–Trinajstić information content (AvgIpc) is 3.25. The first-order valence-electron chi connectivity index (χ1n) is 8.70. The summed E-state index contributed by atoms with van der Waals surface area (Å²) in [6, 6.07) is 6.91. The standard InChI is InChI=1S/C20H19Cl2NO5/c1-11(2)27-9-7-23-17(15-4-3-8-28-15)16(19(25)20(23)26)18(24)12-5-6-13(21)14(22)10-12/h3-6,8,10-11,17,24H,7,9H2,1-2H3/b18-16-. The number of nitrogens with zero attached hydrogens (tertiary/aromatic N) is 1. The second-order valence-electron chi connectivity index (χ2n) is 6.56. The molecule has 0 spiro atoms. The van der Waals surface area contributed by atoms with Gasteiger partial charge in [-0.25, -0.2) is 0 Å². The molecule has 1 aromatic carbocycles. The molecule has 1 amide bonds. The molecular formula is C20H19Cl2NO5. The molecule has 6 nitrogen and oxygen atoms in total. The number of aliphatic hydroxyl groups excluding tert-OH is 1. The Hall–Kier alpha value is -2.28. The average molecular weight is 424 g/mol. The number of halogens is 2. The molecule has 28 heavy (non-hydrogen) atoms. The van der Waals surface area contributed by atoms with E-state index >= 15 is 0 Å². The third-order valence-corrected chi connectivity index (χ3v) is 5.07. The predicted octanol–water partition coefficient (Wildman–Crippen LogP) is 4.43. The van der Waals surface area contributed by atoms with Crippen LogP contribution in [0.4, 0.5) is 0 Å². The van der Waals surface area contributed by atoms with Crippen LogP contribution in [0.25, 0.3) is 5.76 Å². The van der Waals surface area contributed by atoms with Crippen molar-refractivity contribution in [3.8, 4) is 0 Å². The number of carbonyl (C=O) groups excluding carboxylic acids is 2. The van der Waals surface area contributed by atoms with Gasteiger partial charge in [0.1, 0.15) is 17.6 Å². The molecule has 1 saturated heterocycles. The fourth-order valence-corrected chi connectivity index (χ4v) is 3.34. The molecular weight excluding hydrogens is 405 g/mol. The van der Waals surface area contributed by atoms with Gasteiger partial charge in [-0.15, -0.1) is 0 Å². The molecule has 1 atom stereocenters. The van der Waals surface area contributed by atoms with Gasteiger partial charge in [-0.2, -0.15) is 0 Å². The van der Waals surface area contributed by atoms with E-state index < -0.39 is 17.7 Å². The number of hydrogen-bond acceptors (Lipinski definition) is 5. The molecule has 8 heteroatoms. The minimum atomic E-state index is -0.861. The number of ether oxygens (including phenoxy) is 1. The minimum absolute atomic E-state index is 0.0184. The van der Waals surface area contributed by atoms with Crippen LogP contribution < -0.4 is 0 Å². The Labute approximate surface area is 172 Å². The van der Waals surface area contributed by atoms with Crippen LogP contribution in [0.15, 0.2) is 46.6 Å². The first-order valence-corrected chi connectivity index (χ1v) is 9.45. The van der Waals surface area contributed by atoms with E-state index in [4.69, 9.17) is 32.4 Å². The Bertz CT molecular complexity index is 921. The Kier molecular flexibility index (Phi) is 6.13. The van der Waals surface area contributed by atoms with E-state index in [0.29, 0.717) is 10.8 Å². The molecule has 148 valence electrons. The van der Waals surface area contributed by atoms with Crippen LogP contribution in [-0.2, 0) is 14.3 Å². The van der Waals surface area contributed by atoms with Crippen molar-refractivity contribution >= 4 is 40.7 Å². The Morgan fingerprint density at radius 1 is 1.25 bits per heavy atom. The van der Waals surface area contributed by atoms with Crippen molar-refractivity contribution in [2.45, 2.75) is 26.0 Å². The number of hydrogen-bond donors (Lipinski definition) is 1. The maximum Gasteiger partial charge on any atom is 0.295 e. The number of likely N-dealkylation sites (tertiary alicyclic amines) is 1. The summed E-state index contributed by atoms with van der Waals surface area (Å²) in [6.45, 7) is 4.17. The third-order valence-electron chi connectivity index (χ3n) is 4.33. The van der Waals surface area contributed by atoms with Gasteiger partial charge in [-0.05, 0) is 44.2 Å². The van der Waals surface area contributed by atoms with Gasteiger partial charge in [-0.1, -0.05) is 23.2 Å². The molecule has 0 bridgehead atoms. The Morgan fingerprint density at radius 2 is 2.00 bits per heavy atom. The molecule has 0 radical (unpaired) electrons. The number of ketones is 1. The summed E-state index contributed by atoms with van der Waals surface area (Å²) in [5, 5.41) is 11.4. The van der Waals surface area contributed by atoms with Gasteiger partial charge in [0.05, 0.1) is 34.6 Å². The van der Waals surface area contributed by atoms with Gasteiger partial charge in [0, 0.05) is 12.1 Å². The van der Waals surface area contributed by atoms with Gasteiger partial charge >= 0.3 is 0 Å². The van der Waals surface area contributed by atoms with Crippen LogP contribution in [0, 0.1) is 0 Å². The van der Waals surface area contributed by atoms with Crippen molar-refractivity contribution < 1.29 is 23.8 Å². The number of Topliss-reactive ketones (excluding diaryl/α,β-unsaturated/α-hetero) is 1. The van der Waals surface area contributed by atoms with Gasteiger partial charge in [0.15, 0.2) is 0 Å². The highest BCUT2D eigenvalue weighted by Crippen LogP contribution is 2.40. The lowest BCUT2D eigenvalue weighted by atomic mass is 9.99. The predicted molar refractivity (Wildman–Crippen MR) is 105 cm³/mol. The monoisotopic (exact) mass is 423 g/mol. The molecule has 1 fully saturated rings.